The van der Waals surface area contributed by atoms with Crippen LogP contribution in [0.5, 0.6) is 0 Å². The number of aromatic nitrogens is 3. The molecule has 0 spiro atoms. The summed E-state index contributed by atoms with van der Waals surface area (Å²) in [4.78, 5) is 12.3. The van der Waals surface area contributed by atoms with E-state index in [0.717, 1.165) is 12.1 Å². The average Bonchev–Trinajstić information content (AvgIpc) is 2.82. The second kappa shape index (κ2) is 9.67. The lowest BCUT2D eigenvalue weighted by Crippen LogP contribution is -2.17. The fourth-order valence-corrected chi connectivity index (χ4v) is 4.84. The van der Waals surface area contributed by atoms with Gasteiger partial charge in [0, 0.05) is 24.0 Å². The third-order valence-electron chi connectivity index (χ3n) is 5.48. The SMILES string of the molecule is Cc1nc(Nc2cc(-c3cnc(C)c(NS(=O)(=O)c4ccc(F)cc4F)c3C)ccn2)ccc1C#N. The Labute approximate surface area is 206 Å². The summed E-state index contributed by atoms with van der Waals surface area (Å²) in [5, 5.41) is 12.2. The van der Waals surface area contributed by atoms with E-state index >= 15 is 0 Å². The first-order valence-electron chi connectivity index (χ1n) is 10.6. The van der Waals surface area contributed by atoms with Gasteiger partial charge in [-0.15, -0.1) is 0 Å². The van der Waals surface area contributed by atoms with Crippen LogP contribution in [0.2, 0.25) is 0 Å². The van der Waals surface area contributed by atoms with Crippen molar-refractivity contribution >= 4 is 27.3 Å². The van der Waals surface area contributed by atoms with Crippen LogP contribution < -0.4 is 10.0 Å². The maximum atomic E-state index is 14.2. The monoisotopic (exact) mass is 506 g/mol. The largest absolute Gasteiger partial charge is 0.325 e. The smallest absolute Gasteiger partial charge is 0.264 e. The number of hydrogen-bond acceptors (Lipinski definition) is 7. The van der Waals surface area contributed by atoms with E-state index in [1.165, 1.54) is 0 Å². The van der Waals surface area contributed by atoms with Crippen molar-refractivity contribution in [1.82, 2.24) is 15.0 Å². The van der Waals surface area contributed by atoms with Gasteiger partial charge in [-0.05, 0) is 68.3 Å². The molecule has 0 aliphatic carbocycles. The first-order valence-corrected chi connectivity index (χ1v) is 12.1. The molecule has 0 fully saturated rings. The van der Waals surface area contributed by atoms with Crippen LogP contribution >= 0.6 is 0 Å². The highest BCUT2D eigenvalue weighted by Gasteiger charge is 2.23. The molecule has 3 heterocycles. The van der Waals surface area contributed by atoms with E-state index in [1.807, 2.05) is 0 Å². The maximum Gasteiger partial charge on any atom is 0.264 e. The number of halogens is 2. The van der Waals surface area contributed by atoms with Crippen molar-refractivity contribution < 1.29 is 17.2 Å². The number of nitriles is 1. The lowest BCUT2D eigenvalue weighted by Gasteiger charge is -2.16. The first kappa shape index (κ1) is 24.7. The average molecular weight is 507 g/mol. The summed E-state index contributed by atoms with van der Waals surface area (Å²) in [5.74, 6) is -1.10. The summed E-state index contributed by atoms with van der Waals surface area (Å²) in [6.07, 6.45) is 3.18. The van der Waals surface area contributed by atoms with Crippen LogP contribution in [0.1, 0.15) is 22.5 Å². The highest BCUT2D eigenvalue weighted by atomic mass is 32.2. The minimum absolute atomic E-state index is 0.187. The van der Waals surface area contributed by atoms with Crippen LogP contribution in [0.4, 0.5) is 26.1 Å². The second-order valence-electron chi connectivity index (χ2n) is 7.93. The number of pyridine rings is 3. The van der Waals surface area contributed by atoms with Crippen LogP contribution in [0.15, 0.2) is 59.8 Å². The molecule has 182 valence electrons. The molecule has 0 amide bonds. The van der Waals surface area contributed by atoms with Crippen LogP contribution in [-0.4, -0.2) is 23.4 Å². The van der Waals surface area contributed by atoms with Crippen molar-refractivity contribution in [2.75, 3.05) is 10.0 Å². The number of anilines is 3. The zero-order valence-electron chi connectivity index (χ0n) is 19.5. The van der Waals surface area contributed by atoms with Crippen LogP contribution in [-0.2, 0) is 10.0 Å². The number of hydrogen-bond donors (Lipinski definition) is 2. The second-order valence-corrected chi connectivity index (χ2v) is 9.58. The van der Waals surface area contributed by atoms with Gasteiger partial charge < -0.3 is 5.32 Å². The van der Waals surface area contributed by atoms with Gasteiger partial charge in [0.2, 0.25) is 0 Å². The van der Waals surface area contributed by atoms with Crippen molar-refractivity contribution in [3.8, 4) is 17.2 Å². The van der Waals surface area contributed by atoms with Gasteiger partial charge in [0.15, 0.2) is 0 Å². The number of sulfonamides is 1. The predicted molar refractivity (Wildman–Crippen MR) is 131 cm³/mol. The van der Waals surface area contributed by atoms with E-state index in [9.17, 15) is 17.2 Å². The minimum atomic E-state index is -4.35. The Bertz CT molecular complexity index is 1630. The molecule has 0 radical (unpaired) electrons. The lowest BCUT2D eigenvalue weighted by molar-refractivity contribution is 0.551. The fraction of sp³-hybridized carbons (Fsp3) is 0.120. The van der Waals surface area contributed by atoms with Gasteiger partial charge in [-0.2, -0.15) is 5.26 Å². The summed E-state index contributed by atoms with van der Waals surface area (Å²) >= 11 is 0. The summed E-state index contributed by atoms with van der Waals surface area (Å²) < 4.78 is 55.6. The predicted octanol–water partition coefficient (Wildman–Crippen LogP) is 5.16. The van der Waals surface area contributed by atoms with Crippen molar-refractivity contribution in [3.63, 3.8) is 0 Å². The molecule has 3 aromatic heterocycles. The Morgan fingerprint density at radius 2 is 1.72 bits per heavy atom. The Hall–Kier alpha value is -4.43. The van der Waals surface area contributed by atoms with Crippen LogP contribution in [0.3, 0.4) is 0 Å². The molecule has 4 rings (SSSR count). The molecule has 4 aromatic rings. The fourth-order valence-electron chi connectivity index (χ4n) is 3.60. The molecule has 0 bridgehead atoms. The van der Waals surface area contributed by atoms with Crippen LogP contribution in [0, 0.1) is 43.7 Å². The maximum absolute atomic E-state index is 14.2. The Morgan fingerprint density at radius 1 is 0.944 bits per heavy atom. The zero-order chi connectivity index (χ0) is 26.0. The van der Waals surface area contributed by atoms with Crippen molar-refractivity contribution in [2.24, 2.45) is 0 Å². The standard InChI is InChI=1S/C25H20F2N6O2S/c1-14-20(17-8-9-29-24(10-17)32-23-7-4-18(12-28)15(2)31-23)13-30-16(3)25(14)33-36(34,35)22-6-5-19(26)11-21(22)27/h4-11,13,33H,1-3H3,(H,29,31,32). The van der Waals surface area contributed by atoms with E-state index < -0.39 is 26.6 Å². The molecule has 8 nitrogen and oxygen atoms in total. The van der Waals surface area contributed by atoms with Gasteiger partial charge in [0.05, 0.1) is 22.6 Å². The Balaban J connectivity index is 1.68. The van der Waals surface area contributed by atoms with Crippen molar-refractivity contribution in [1.29, 1.82) is 5.26 Å². The number of nitrogens with zero attached hydrogens (tertiary/aromatic N) is 4. The van der Waals surface area contributed by atoms with E-state index in [0.29, 0.717) is 51.3 Å². The van der Waals surface area contributed by atoms with Gasteiger partial charge in [-0.25, -0.2) is 27.2 Å². The minimum Gasteiger partial charge on any atom is -0.325 e. The highest BCUT2D eigenvalue weighted by molar-refractivity contribution is 7.92. The first-order chi connectivity index (χ1) is 17.1. The molecule has 0 atom stereocenters. The number of rotatable bonds is 6. The summed E-state index contributed by atoms with van der Waals surface area (Å²) in [6, 6.07) is 11.1. The molecule has 36 heavy (non-hydrogen) atoms. The molecule has 0 saturated carbocycles. The molecular formula is C25H20F2N6O2S. The van der Waals surface area contributed by atoms with Crippen molar-refractivity contribution in [3.05, 3.63) is 89.0 Å². The van der Waals surface area contributed by atoms with Gasteiger partial charge in [0.1, 0.15) is 34.2 Å². The highest BCUT2D eigenvalue weighted by Crippen LogP contribution is 2.32. The molecule has 1 aromatic carbocycles. The molecule has 0 aliphatic rings. The van der Waals surface area contributed by atoms with Gasteiger partial charge in [-0.3, -0.25) is 9.71 Å². The third kappa shape index (κ3) is 4.99. The van der Waals surface area contributed by atoms with Crippen molar-refractivity contribution in [2.45, 2.75) is 25.7 Å². The zero-order valence-corrected chi connectivity index (χ0v) is 20.3. The summed E-state index contributed by atoms with van der Waals surface area (Å²) in [5.41, 5.74) is 3.48. The Morgan fingerprint density at radius 3 is 2.42 bits per heavy atom. The summed E-state index contributed by atoms with van der Waals surface area (Å²) in [7, 11) is -4.35. The third-order valence-corrected chi connectivity index (χ3v) is 6.86. The van der Waals surface area contributed by atoms with E-state index in [1.54, 1.807) is 57.4 Å². The Kier molecular flexibility index (Phi) is 6.63. The normalized spacial score (nSPS) is 11.1. The van der Waals surface area contributed by atoms with E-state index in [-0.39, 0.29) is 5.69 Å². The summed E-state index contributed by atoms with van der Waals surface area (Å²) in [6.45, 7) is 5.06. The van der Waals surface area contributed by atoms with Gasteiger partial charge in [-0.1, -0.05) is 0 Å². The molecule has 0 unspecified atom stereocenters. The topological polar surface area (TPSA) is 121 Å². The quantitative estimate of drug-likeness (QED) is 0.371. The van der Waals surface area contributed by atoms with E-state index in [2.05, 4.69) is 31.1 Å². The lowest BCUT2D eigenvalue weighted by atomic mass is 10.0. The molecular weight excluding hydrogens is 486 g/mol. The molecule has 11 heteroatoms. The van der Waals surface area contributed by atoms with Gasteiger partial charge in [0.25, 0.3) is 10.0 Å². The molecule has 0 aliphatic heterocycles. The number of nitrogens with one attached hydrogen (secondary N) is 2. The van der Waals surface area contributed by atoms with E-state index in [4.69, 9.17) is 5.26 Å². The van der Waals surface area contributed by atoms with Gasteiger partial charge >= 0.3 is 0 Å². The number of benzene rings is 1. The molecule has 2 N–H and O–H groups in total. The number of aryl methyl sites for hydroxylation is 2. The van der Waals surface area contributed by atoms with Crippen LogP contribution in [0.25, 0.3) is 11.1 Å². The molecule has 0 saturated heterocycles.